The molecule has 1 aliphatic heterocycles. The number of para-hydroxylation sites is 1. The molecular formula is C31H40ClN7O3. The molecule has 0 aliphatic carbocycles. The number of fused-ring (bicyclic) bond motifs is 3. The number of carbonyl (C=O) groups excluding carboxylic acids is 1. The number of piperazine rings is 1. The molecule has 2 aromatic carbocycles. The Hall–Kier alpha value is -3.47. The number of ether oxygens (including phenoxy) is 1. The molecule has 4 aromatic rings. The second-order valence-corrected chi connectivity index (χ2v) is 11.4. The molecule has 1 N–H and O–H groups in total. The van der Waals surface area contributed by atoms with Gasteiger partial charge in [-0.2, -0.15) is 0 Å². The van der Waals surface area contributed by atoms with Gasteiger partial charge in [0.05, 0.1) is 17.0 Å². The predicted octanol–water partition coefficient (Wildman–Crippen LogP) is 3.77. The Labute approximate surface area is 251 Å². The summed E-state index contributed by atoms with van der Waals surface area (Å²) in [4.78, 5) is 30.8. The minimum absolute atomic E-state index is 0.0130. The molecule has 0 bridgehead atoms. The first kappa shape index (κ1) is 30.0. The van der Waals surface area contributed by atoms with Crippen LogP contribution in [-0.4, -0.2) is 82.0 Å². The van der Waals surface area contributed by atoms with Crippen LogP contribution in [0.15, 0.2) is 53.3 Å². The molecule has 3 heterocycles. The normalized spacial score (nSPS) is 14.3. The molecule has 42 heavy (non-hydrogen) atoms. The largest absolute Gasteiger partial charge is 0.379 e. The zero-order valence-electron chi connectivity index (χ0n) is 24.5. The number of rotatable bonds is 13. The molecule has 0 spiro atoms. The van der Waals surface area contributed by atoms with Crippen LogP contribution in [0.1, 0.15) is 38.9 Å². The quantitative estimate of drug-likeness (QED) is 0.236. The molecule has 0 unspecified atom stereocenters. The maximum Gasteiger partial charge on any atom is 0.262 e. The third-order valence-corrected chi connectivity index (χ3v) is 7.88. The Balaban J connectivity index is 1.12. The summed E-state index contributed by atoms with van der Waals surface area (Å²) in [6.07, 6.45) is 2.45. The lowest BCUT2D eigenvalue weighted by molar-refractivity contribution is -0.121. The van der Waals surface area contributed by atoms with Crippen LogP contribution >= 0.6 is 11.6 Å². The highest BCUT2D eigenvalue weighted by atomic mass is 35.5. The fourth-order valence-corrected chi connectivity index (χ4v) is 5.65. The van der Waals surface area contributed by atoms with Crippen LogP contribution in [0, 0.1) is 0 Å². The lowest BCUT2D eigenvalue weighted by atomic mass is 10.2. The highest BCUT2D eigenvalue weighted by molar-refractivity contribution is 6.30. The zero-order chi connectivity index (χ0) is 29.5. The van der Waals surface area contributed by atoms with E-state index in [0.717, 1.165) is 49.7 Å². The molecule has 10 nitrogen and oxygen atoms in total. The van der Waals surface area contributed by atoms with Crippen LogP contribution in [0.25, 0.3) is 16.7 Å². The SMILES string of the molecule is CC(C)OCCCn1c(=O)c2ccccc2n2c(CCC(=O)NCCCN3CCN(c4cccc(Cl)c4)CC3)nnc12. The molecule has 1 aliphatic rings. The summed E-state index contributed by atoms with van der Waals surface area (Å²) in [6, 6.07) is 15.5. The fourth-order valence-electron chi connectivity index (χ4n) is 5.47. The number of nitrogens with one attached hydrogen (secondary N) is 1. The van der Waals surface area contributed by atoms with Gasteiger partial charge in [0.15, 0.2) is 0 Å². The second-order valence-electron chi connectivity index (χ2n) is 11.0. The Morgan fingerprint density at radius 1 is 1.02 bits per heavy atom. The minimum Gasteiger partial charge on any atom is -0.379 e. The number of aromatic nitrogens is 4. The zero-order valence-corrected chi connectivity index (χ0v) is 25.2. The highest BCUT2D eigenvalue weighted by Crippen LogP contribution is 2.21. The monoisotopic (exact) mass is 593 g/mol. The summed E-state index contributed by atoms with van der Waals surface area (Å²) < 4.78 is 9.24. The lowest BCUT2D eigenvalue weighted by Crippen LogP contribution is -2.47. The lowest BCUT2D eigenvalue weighted by Gasteiger charge is -2.36. The molecule has 11 heteroatoms. The maximum atomic E-state index is 13.3. The van der Waals surface area contributed by atoms with E-state index in [-0.39, 0.29) is 17.6 Å². The third-order valence-electron chi connectivity index (χ3n) is 7.65. The first-order chi connectivity index (χ1) is 20.4. The number of benzene rings is 2. The van der Waals surface area contributed by atoms with Crippen molar-refractivity contribution < 1.29 is 9.53 Å². The van der Waals surface area contributed by atoms with Crippen LogP contribution in [0.4, 0.5) is 5.69 Å². The predicted molar refractivity (Wildman–Crippen MR) is 167 cm³/mol. The Morgan fingerprint density at radius 2 is 1.83 bits per heavy atom. The molecule has 5 rings (SSSR count). The van der Waals surface area contributed by atoms with E-state index in [2.05, 4.69) is 31.4 Å². The minimum atomic E-state index is -0.0924. The number of hydrogen-bond acceptors (Lipinski definition) is 7. The van der Waals surface area contributed by atoms with Crippen molar-refractivity contribution in [1.82, 2.24) is 29.4 Å². The molecular weight excluding hydrogens is 554 g/mol. The molecule has 1 saturated heterocycles. The van der Waals surface area contributed by atoms with Crippen LogP contribution in [0.5, 0.6) is 0 Å². The smallest absolute Gasteiger partial charge is 0.262 e. The molecule has 0 radical (unpaired) electrons. The van der Waals surface area contributed by atoms with Crippen molar-refractivity contribution in [2.24, 2.45) is 0 Å². The van der Waals surface area contributed by atoms with Crippen molar-refractivity contribution in [2.45, 2.75) is 52.2 Å². The Kier molecular flexibility index (Phi) is 10.1. The van der Waals surface area contributed by atoms with Gasteiger partial charge in [-0.05, 0) is 63.6 Å². The van der Waals surface area contributed by atoms with E-state index in [1.54, 1.807) is 4.57 Å². The van der Waals surface area contributed by atoms with E-state index in [1.807, 2.05) is 60.7 Å². The average Bonchev–Trinajstić information content (AvgIpc) is 3.42. The summed E-state index contributed by atoms with van der Waals surface area (Å²) in [5.74, 6) is 1.15. The topological polar surface area (TPSA) is 97.0 Å². The highest BCUT2D eigenvalue weighted by Gasteiger charge is 2.19. The van der Waals surface area contributed by atoms with Gasteiger partial charge in [0.2, 0.25) is 11.7 Å². The Bertz CT molecular complexity index is 1560. The van der Waals surface area contributed by atoms with Crippen molar-refractivity contribution >= 4 is 39.9 Å². The molecule has 0 atom stereocenters. The summed E-state index contributed by atoms with van der Waals surface area (Å²) in [7, 11) is 0. The van der Waals surface area contributed by atoms with Gasteiger partial charge in [0, 0.05) is 69.4 Å². The number of carbonyl (C=O) groups is 1. The van der Waals surface area contributed by atoms with Crippen molar-refractivity contribution in [3.05, 3.63) is 69.7 Å². The maximum absolute atomic E-state index is 13.3. The van der Waals surface area contributed by atoms with E-state index >= 15 is 0 Å². The van der Waals surface area contributed by atoms with Gasteiger partial charge in [-0.15, -0.1) is 10.2 Å². The number of amides is 1. The van der Waals surface area contributed by atoms with Crippen molar-refractivity contribution in [1.29, 1.82) is 0 Å². The fraction of sp³-hybridized carbons (Fsp3) is 0.484. The number of halogens is 1. The summed E-state index contributed by atoms with van der Waals surface area (Å²) >= 11 is 6.15. The van der Waals surface area contributed by atoms with Gasteiger partial charge < -0.3 is 15.0 Å². The third kappa shape index (κ3) is 7.29. The standard InChI is InChI=1S/C31H40ClN7O3/c1-23(2)42-21-7-16-38-30(41)26-10-3-4-11-27(26)39-28(34-35-31(38)39)12-13-29(40)33-14-6-15-36-17-19-37(20-18-36)25-9-5-8-24(32)22-25/h3-5,8-11,22-23H,6-7,12-21H2,1-2H3,(H,33,40). The number of hydrogen-bond donors (Lipinski definition) is 1. The van der Waals surface area contributed by atoms with Crippen LogP contribution in [0.2, 0.25) is 5.02 Å². The summed E-state index contributed by atoms with van der Waals surface area (Å²) in [6.45, 7) is 10.5. The number of aryl methyl sites for hydroxylation is 2. The first-order valence-electron chi connectivity index (χ1n) is 14.9. The average molecular weight is 594 g/mol. The van der Waals surface area contributed by atoms with E-state index in [4.69, 9.17) is 16.3 Å². The van der Waals surface area contributed by atoms with Gasteiger partial charge >= 0.3 is 0 Å². The first-order valence-corrected chi connectivity index (χ1v) is 15.2. The molecule has 1 fully saturated rings. The van der Waals surface area contributed by atoms with Gasteiger partial charge in [-0.25, -0.2) is 0 Å². The second kappa shape index (κ2) is 14.1. The number of nitrogens with zero attached hydrogens (tertiary/aromatic N) is 6. The van der Waals surface area contributed by atoms with E-state index < -0.39 is 0 Å². The van der Waals surface area contributed by atoms with E-state index in [9.17, 15) is 9.59 Å². The molecule has 1 amide bonds. The number of anilines is 1. The summed E-state index contributed by atoms with van der Waals surface area (Å²) in [5, 5.41) is 13.2. The molecule has 2 aromatic heterocycles. The van der Waals surface area contributed by atoms with Gasteiger partial charge in [-0.3, -0.25) is 23.5 Å². The van der Waals surface area contributed by atoms with Crippen molar-refractivity contribution in [2.75, 3.05) is 50.8 Å². The van der Waals surface area contributed by atoms with E-state index in [1.165, 1.54) is 5.69 Å². The molecule has 224 valence electrons. The van der Waals surface area contributed by atoms with Gasteiger partial charge in [0.25, 0.3) is 5.56 Å². The summed E-state index contributed by atoms with van der Waals surface area (Å²) in [5.41, 5.74) is 1.83. The van der Waals surface area contributed by atoms with E-state index in [0.29, 0.717) is 55.9 Å². The van der Waals surface area contributed by atoms with Crippen LogP contribution in [0.3, 0.4) is 0 Å². The van der Waals surface area contributed by atoms with Crippen molar-refractivity contribution in [3.63, 3.8) is 0 Å². The Morgan fingerprint density at radius 3 is 2.62 bits per heavy atom. The molecule has 0 saturated carbocycles. The van der Waals surface area contributed by atoms with Crippen LogP contribution in [-0.2, 0) is 22.5 Å². The van der Waals surface area contributed by atoms with Gasteiger partial charge in [-0.1, -0.05) is 29.8 Å². The van der Waals surface area contributed by atoms with Gasteiger partial charge in [0.1, 0.15) is 5.82 Å². The van der Waals surface area contributed by atoms with Crippen LogP contribution < -0.4 is 15.8 Å². The van der Waals surface area contributed by atoms with Crippen molar-refractivity contribution in [3.8, 4) is 0 Å².